The molecule has 1 aromatic rings. The van der Waals surface area contributed by atoms with Gasteiger partial charge in [-0.3, -0.25) is 0 Å². The predicted molar refractivity (Wildman–Crippen MR) is 45.8 cm³/mol. The van der Waals surface area contributed by atoms with Crippen molar-refractivity contribution in [1.82, 2.24) is 0 Å². The van der Waals surface area contributed by atoms with Gasteiger partial charge in [-0.1, -0.05) is 0 Å². The Balaban J connectivity index is 2.97. The van der Waals surface area contributed by atoms with E-state index in [1.54, 1.807) is 18.4 Å². The van der Waals surface area contributed by atoms with Gasteiger partial charge < -0.3 is 0 Å². The molecule has 0 fully saturated rings. The van der Waals surface area contributed by atoms with Gasteiger partial charge in [0, 0.05) is 0 Å². The van der Waals surface area contributed by atoms with Gasteiger partial charge in [-0.2, -0.15) is 11.3 Å². The van der Waals surface area contributed by atoms with E-state index in [2.05, 4.69) is 0 Å². The molecule has 0 saturated carbocycles. The van der Waals surface area contributed by atoms with E-state index in [-0.39, 0.29) is 0 Å². The summed E-state index contributed by atoms with van der Waals surface area (Å²) in [5.41, 5.74) is 0.762. The monoisotopic (exact) mass is 191 g/mol. The zero-order chi connectivity index (χ0) is 8.48. The number of sulfonamides is 1. The van der Waals surface area contributed by atoms with Gasteiger partial charge in [0.1, 0.15) is 0 Å². The lowest BCUT2D eigenvalue weighted by Gasteiger charge is -2.04. The van der Waals surface area contributed by atoms with Gasteiger partial charge in [0.15, 0.2) is 0 Å². The minimum Gasteiger partial charge on any atom is -0.228 e. The van der Waals surface area contributed by atoms with Crippen LogP contribution in [0.25, 0.3) is 0 Å². The Morgan fingerprint density at radius 2 is 2.27 bits per heavy atom. The molecule has 3 nitrogen and oxygen atoms in total. The summed E-state index contributed by atoms with van der Waals surface area (Å²) < 4.78 is 21.6. The Morgan fingerprint density at radius 1 is 1.64 bits per heavy atom. The molecule has 0 aliphatic carbocycles. The maximum absolute atomic E-state index is 10.8. The summed E-state index contributed by atoms with van der Waals surface area (Å²) in [5.74, 6) is 0. The van der Waals surface area contributed by atoms with Crippen LogP contribution in [-0.4, -0.2) is 8.42 Å². The number of hydrogen-bond donors (Lipinski definition) is 1. The van der Waals surface area contributed by atoms with Crippen molar-refractivity contribution in [3.05, 3.63) is 22.4 Å². The summed E-state index contributed by atoms with van der Waals surface area (Å²) in [6.07, 6.45) is 0. The lowest BCUT2D eigenvalue weighted by atomic mass is 10.3. The van der Waals surface area contributed by atoms with Crippen molar-refractivity contribution in [1.29, 1.82) is 0 Å². The highest BCUT2D eigenvalue weighted by Crippen LogP contribution is 2.21. The average Bonchev–Trinajstić information content (AvgIpc) is 2.34. The maximum atomic E-state index is 10.8. The third kappa shape index (κ3) is 2.02. The summed E-state index contributed by atoms with van der Waals surface area (Å²) in [4.78, 5) is 0. The van der Waals surface area contributed by atoms with E-state index < -0.39 is 15.3 Å². The predicted octanol–water partition coefficient (Wildman–Crippen LogP) is 1.10. The molecule has 0 radical (unpaired) electrons. The third-order valence-electron chi connectivity index (χ3n) is 1.51. The van der Waals surface area contributed by atoms with Crippen LogP contribution in [0.4, 0.5) is 0 Å². The summed E-state index contributed by atoms with van der Waals surface area (Å²) in [6, 6.07) is 1.76. The molecule has 1 heterocycles. The van der Waals surface area contributed by atoms with Crippen molar-refractivity contribution in [2.24, 2.45) is 5.14 Å². The Labute approximate surface area is 69.9 Å². The second-order valence-corrected chi connectivity index (χ2v) is 4.95. The second-order valence-electron chi connectivity index (χ2n) is 2.29. The van der Waals surface area contributed by atoms with Crippen molar-refractivity contribution < 1.29 is 8.42 Å². The zero-order valence-corrected chi connectivity index (χ0v) is 7.65. The lowest BCUT2D eigenvalue weighted by molar-refractivity contribution is 0.588. The molecule has 5 heteroatoms. The van der Waals surface area contributed by atoms with E-state index in [0.29, 0.717) is 0 Å². The summed E-state index contributed by atoms with van der Waals surface area (Å²) in [5, 5.41) is 7.98. The van der Waals surface area contributed by atoms with Crippen molar-refractivity contribution >= 4 is 21.4 Å². The fraction of sp³-hybridized carbons (Fsp3) is 0.333. The second kappa shape index (κ2) is 2.92. The summed E-state index contributed by atoms with van der Waals surface area (Å²) >= 11 is 1.46. The Bertz CT molecular complexity index is 314. The summed E-state index contributed by atoms with van der Waals surface area (Å²) in [6.45, 7) is 1.58. The van der Waals surface area contributed by atoms with Crippen LogP contribution in [-0.2, 0) is 10.0 Å². The molecule has 11 heavy (non-hydrogen) atoms. The maximum Gasteiger partial charge on any atom is 0.215 e. The molecule has 1 aromatic heterocycles. The molecule has 0 aliphatic heterocycles. The Morgan fingerprint density at radius 3 is 2.64 bits per heavy atom. The molecule has 1 rings (SSSR count). The van der Waals surface area contributed by atoms with Crippen LogP contribution >= 0.6 is 11.3 Å². The number of rotatable bonds is 2. The van der Waals surface area contributed by atoms with Crippen molar-refractivity contribution in [2.45, 2.75) is 12.2 Å². The van der Waals surface area contributed by atoms with Crippen molar-refractivity contribution in [3.8, 4) is 0 Å². The van der Waals surface area contributed by atoms with Gasteiger partial charge >= 0.3 is 0 Å². The van der Waals surface area contributed by atoms with Crippen molar-refractivity contribution in [2.75, 3.05) is 0 Å². The molecule has 0 spiro atoms. The van der Waals surface area contributed by atoms with Crippen LogP contribution in [0.1, 0.15) is 17.7 Å². The van der Waals surface area contributed by atoms with E-state index in [1.165, 1.54) is 11.3 Å². The van der Waals surface area contributed by atoms with Crippen LogP contribution in [0.2, 0.25) is 0 Å². The lowest BCUT2D eigenvalue weighted by Crippen LogP contribution is -2.18. The average molecular weight is 191 g/mol. The first-order chi connectivity index (χ1) is 5.02. The number of thiophene rings is 1. The first kappa shape index (κ1) is 8.70. The minimum absolute atomic E-state index is 0.589. The molecule has 0 aromatic carbocycles. The van der Waals surface area contributed by atoms with E-state index >= 15 is 0 Å². The van der Waals surface area contributed by atoms with E-state index in [1.807, 2.05) is 5.38 Å². The Kier molecular flexibility index (Phi) is 2.31. The van der Waals surface area contributed by atoms with E-state index in [9.17, 15) is 8.42 Å². The molecular formula is C6H9NO2S2. The quantitative estimate of drug-likeness (QED) is 0.761. The van der Waals surface area contributed by atoms with Gasteiger partial charge in [0.05, 0.1) is 5.25 Å². The highest BCUT2D eigenvalue weighted by atomic mass is 32.2. The van der Waals surface area contributed by atoms with E-state index in [4.69, 9.17) is 5.14 Å². The molecule has 1 unspecified atom stereocenters. The highest BCUT2D eigenvalue weighted by Gasteiger charge is 2.17. The van der Waals surface area contributed by atoms with Gasteiger partial charge in [-0.25, -0.2) is 13.6 Å². The van der Waals surface area contributed by atoms with Crippen LogP contribution < -0.4 is 5.14 Å². The fourth-order valence-corrected chi connectivity index (χ4v) is 2.06. The van der Waals surface area contributed by atoms with Gasteiger partial charge in [0.25, 0.3) is 0 Å². The smallest absolute Gasteiger partial charge is 0.215 e. The van der Waals surface area contributed by atoms with Crippen LogP contribution in [0.3, 0.4) is 0 Å². The summed E-state index contributed by atoms with van der Waals surface area (Å²) in [7, 11) is -3.42. The molecule has 0 amide bonds. The SMILES string of the molecule is CC(c1ccsc1)S(N)(=O)=O. The van der Waals surface area contributed by atoms with Crippen LogP contribution in [0, 0.1) is 0 Å². The van der Waals surface area contributed by atoms with Gasteiger partial charge in [0.2, 0.25) is 10.0 Å². The van der Waals surface area contributed by atoms with Gasteiger partial charge in [-0.05, 0) is 29.3 Å². The van der Waals surface area contributed by atoms with E-state index in [0.717, 1.165) is 5.56 Å². The molecule has 0 saturated heterocycles. The Hall–Kier alpha value is -0.390. The largest absolute Gasteiger partial charge is 0.228 e. The normalized spacial score (nSPS) is 14.7. The first-order valence-corrected chi connectivity index (χ1v) is 5.61. The number of hydrogen-bond acceptors (Lipinski definition) is 3. The minimum atomic E-state index is -3.42. The zero-order valence-electron chi connectivity index (χ0n) is 6.02. The molecule has 0 bridgehead atoms. The number of nitrogens with two attached hydrogens (primary N) is 1. The highest BCUT2D eigenvalue weighted by molar-refractivity contribution is 7.89. The molecule has 0 aliphatic rings. The van der Waals surface area contributed by atoms with Crippen LogP contribution in [0.5, 0.6) is 0 Å². The third-order valence-corrected chi connectivity index (χ3v) is 3.46. The number of primary sulfonamides is 1. The molecule has 1 atom stereocenters. The first-order valence-electron chi connectivity index (χ1n) is 3.05. The standard InChI is InChI=1S/C6H9NO2S2/c1-5(11(7,8)9)6-2-3-10-4-6/h2-5H,1H3,(H2,7,8,9). The van der Waals surface area contributed by atoms with Crippen molar-refractivity contribution in [3.63, 3.8) is 0 Å². The molecular weight excluding hydrogens is 182 g/mol. The fourth-order valence-electron chi connectivity index (χ4n) is 0.696. The molecule has 62 valence electrons. The molecule has 2 N–H and O–H groups in total. The van der Waals surface area contributed by atoms with Crippen LogP contribution in [0.15, 0.2) is 16.8 Å². The van der Waals surface area contributed by atoms with Gasteiger partial charge in [-0.15, -0.1) is 0 Å². The topological polar surface area (TPSA) is 60.2 Å².